The van der Waals surface area contributed by atoms with E-state index in [2.05, 4.69) is 15.9 Å². The monoisotopic (exact) mass is 305 g/mol. The van der Waals surface area contributed by atoms with Gasteiger partial charge < -0.3 is 10.0 Å². The maximum absolute atomic E-state index is 12.0. The second-order valence-corrected chi connectivity index (χ2v) is 4.62. The van der Waals surface area contributed by atoms with Crippen LogP contribution in [0.3, 0.4) is 0 Å². The molecular weight excluding hydrogens is 293 g/mol. The molecule has 0 aliphatic heterocycles. The number of aliphatic hydroxyl groups excluding tert-OH is 1. The van der Waals surface area contributed by atoms with Crippen LogP contribution in [0.2, 0.25) is 5.02 Å². The summed E-state index contributed by atoms with van der Waals surface area (Å²) in [6, 6.07) is 5.06. The Balaban J connectivity index is 2.94. The lowest BCUT2D eigenvalue weighted by atomic mass is 10.2. The Morgan fingerprint density at radius 1 is 1.50 bits per heavy atom. The summed E-state index contributed by atoms with van der Waals surface area (Å²) in [5, 5.41) is 9.36. The molecule has 0 heterocycles. The molecule has 88 valence electrons. The first kappa shape index (κ1) is 13.5. The lowest BCUT2D eigenvalue weighted by Gasteiger charge is -2.19. The molecule has 0 aliphatic carbocycles. The van der Waals surface area contributed by atoms with Gasteiger partial charge in [-0.15, -0.1) is 0 Å². The van der Waals surface area contributed by atoms with Crippen molar-refractivity contribution >= 4 is 33.4 Å². The van der Waals surface area contributed by atoms with Gasteiger partial charge in [0.15, 0.2) is 0 Å². The molecule has 0 spiro atoms. The van der Waals surface area contributed by atoms with E-state index in [1.165, 1.54) is 0 Å². The van der Waals surface area contributed by atoms with E-state index < -0.39 is 0 Å². The van der Waals surface area contributed by atoms with Crippen molar-refractivity contribution < 1.29 is 9.90 Å². The summed E-state index contributed by atoms with van der Waals surface area (Å²) in [6.07, 6.45) is 0. The van der Waals surface area contributed by atoms with E-state index in [1.807, 2.05) is 6.92 Å². The van der Waals surface area contributed by atoms with Crippen LogP contribution in [0.1, 0.15) is 17.3 Å². The van der Waals surface area contributed by atoms with Gasteiger partial charge in [-0.3, -0.25) is 4.79 Å². The van der Waals surface area contributed by atoms with Gasteiger partial charge in [-0.1, -0.05) is 27.5 Å². The van der Waals surface area contributed by atoms with Gasteiger partial charge in [-0.05, 0) is 25.1 Å². The molecule has 0 fully saturated rings. The highest BCUT2D eigenvalue weighted by molar-refractivity contribution is 9.10. The molecular formula is C11H13BrClNO2. The van der Waals surface area contributed by atoms with Crippen molar-refractivity contribution in [1.82, 2.24) is 4.90 Å². The Morgan fingerprint density at radius 2 is 2.19 bits per heavy atom. The molecule has 1 aromatic rings. The minimum Gasteiger partial charge on any atom is -0.395 e. The maximum atomic E-state index is 12.0. The van der Waals surface area contributed by atoms with Gasteiger partial charge in [0.2, 0.25) is 0 Å². The summed E-state index contributed by atoms with van der Waals surface area (Å²) in [5.74, 6) is -0.125. The smallest absolute Gasteiger partial charge is 0.254 e. The normalized spacial score (nSPS) is 10.2. The predicted octanol–water partition coefficient (Wildman–Crippen LogP) is 2.56. The van der Waals surface area contributed by atoms with Crippen LogP contribution in [0, 0.1) is 0 Å². The highest BCUT2D eigenvalue weighted by Gasteiger charge is 2.14. The molecule has 0 unspecified atom stereocenters. The quantitative estimate of drug-likeness (QED) is 0.929. The average Bonchev–Trinajstić information content (AvgIpc) is 2.23. The van der Waals surface area contributed by atoms with Crippen LogP contribution >= 0.6 is 27.5 Å². The van der Waals surface area contributed by atoms with Crippen LogP contribution < -0.4 is 0 Å². The van der Waals surface area contributed by atoms with Crippen molar-refractivity contribution in [3.05, 3.63) is 33.3 Å². The number of hydrogen-bond acceptors (Lipinski definition) is 2. The van der Waals surface area contributed by atoms with E-state index in [9.17, 15) is 4.79 Å². The number of benzene rings is 1. The van der Waals surface area contributed by atoms with Crippen LogP contribution in [-0.4, -0.2) is 35.6 Å². The molecule has 1 rings (SSSR count). The van der Waals surface area contributed by atoms with Gasteiger partial charge in [0.1, 0.15) is 0 Å². The van der Waals surface area contributed by atoms with Crippen molar-refractivity contribution in [3.8, 4) is 0 Å². The molecule has 0 saturated heterocycles. The van der Waals surface area contributed by atoms with Crippen LogP contribution in [0.4, 0.5) is 0 Å². The second kappa shape index (κ2) is 6.23. The lowest BCUT2D eigenvalue weighted by molar-refractivity contribution is 0.0732. The van der Waals surface area contributed by atoms with E-state index in [4.69, 9.17) is 16.7 Å². The van der Waals surface area contributed by atoms with Crippen LogP contribution in [0.5, 0.6) is 0 Å². The third-order valence-electron chi connectivity index (χ3n) is 2.15. The zero-order chi connectivity index (χ0) is 12.1. The Hall–Kier alpha value is -0.580. The molecule has 3 nitrogen and oxygen atoms in total. The summed E-state index contributed by atoms with van der Waals surface area (Å²) >= 11 is 9.16. The first-order valence-corrected chi connectivity index (χ1v) is 6.11. The van der Waals surface area contributed by atoms with Crippen LogP contribution in [0.25, 0.3) is 0 Å². The fraction of sp³-hybridized carbons (Fsp3) is 0.364. The van der Waals surface area contributed by atoms with E-state index in [-0.39, 0.29) is 12.5 Å². The standard InChI is InChI=1S/C11H13BrClNO2/c1-2-14(3-4-15)11(16)8-5-9(12)7-10(13)6-8/h5-7,15H,2-4H2,1H3. The molecule has 0 aliphatic rings. The Morgan fingerprint density at radius 3 is 2.69 bits per heavy atom. The Labute approximate surface area is 108 Å². The SMILES string of the molecule is CCN(CCO)C(=O)c1cc(Cl)cc(Br)c1. The number of amides is 1. The average molecular weight is 307 g/mol. The number of carbonyl (C=O) groups excluding carboxylic acids is 1. The van der Waals surface area contributed by atoms with Gasteiger partial charge >= 0.3 is 0 Å². The topological polar surface area (TPSA) is 40.5 Å². The number of hydrogen-bond donors (Lipinski definition) is 1. The molecule has 5 heteroatoms. The first-order chi connectivity index (χ1) is 7.58. The molecule has 1 aromatic carbocycles. The van der Waals surface area contributed by atoms with Gasteiger partial charge in [-0.2, -0.15) is 0 Å². The number of rotatable bonds is 4. The Bertz CT molecular complexity index is 364. The van der Waals surface area contributed by atoms with E-state index >= 15 is 0 Å². The van der Waals surface area contributed by atoms with Crippen molar-refractivity contribution in [1.29, 1.82) is 0 Å². The molecule has 0 atom stereocenters. The number of carbonyl (C=O) groups is 1. The fourth-order valence-corrected chi connectivity index (χ4v) is 2.24. The summed E-state index contributed by atoms with van der Waals surface area (Å²) in [6.45, 7) is 2.72. The van der Waals surface area contributed by atoms with Crippen molar-refractivity contribution in [3.63, 3.8) is 0 Å². The molecule has 0 aromatic heterocycles. The maximum Gasteiger partial charge on any atom is 0.254 e. The molecule has 1 N–H and O–H groups in total. The zero-order valence-electron chi connectivity index (χ0n) is 8.91. The number of nitrogens with zero attached hydrogens (tertiary/aromatic N) is 1. The minimum absolute atomic E-state index is 0.0404. The first-order valence-electron chi connectivity index (χ1n) is 4.94. The minimum atomic E-state index is -0.125. The highest BCUT2D eigenvalue weighted by atomic mass is 79.9. The molecule has 0 radical (unpaired) electrons. The predicted molar refractivity (Wildman–Crippen MR) is 67.8 cm³/mol. The fourth-order valence-electron chi connectivity index (χ4n) is 1.38. The lowest BCUT2D eigenvalue weighted by Crippen LogP contribution is -2.33. The number of likely N-dealkylation sites (N-methyl/N-ethyl adjacent to an activating group) is 1. The van der Waals surface area contributed by atoms with Crippen LogP contribution in [-0.2, 0) is 0 Å². The van der Waals surface area contributed by atoms with E-state index in [1.54, 1.807) is 23.1 Å². The summed E-state index contributed by atoms with van der Waals surface area (Å²) in [4.78, 5) is 13.6. The van der Waals surface area contributed by atoms with Gasteiger partial charge in [0.05, 0.1) is 6.61 Å². The van der Waals surface area contributed by atoms with Crippen LogP contribution in [0.15, 0.2) is 22.7 Å². The molecule has 16 heavy (non-hydrogen) atoms. The summed E-state index contributed by atoms with van der Waals surface area (Å²) in [5.41, 5.74) is 0.523. The zero-order valence-corrected chi connectivity index (χ0v) is 11.3. The van der Waals surface area contributed by atoms with Crippen molar-refractivity contribution in [2.24, 2.45) is 0 Å². The number of aliphatic hydroxyl groups is 1. The third-order valence-corrected chi connectivity index (χ3v) is 2.82. The van der Waals surface area contributed by atoms with Gasteiger partial charge in [0.25, 0.3) is 5.91 Å². The Kier molecular flexibility index (Phi) is 5.25. The molecule has 0 bridgehead atoms. The second-order valence-electron chi connectivity index (χ2n) is 3.27. The summed E-state index contributed by atoms with van der Waals surface area (Å²) < 4.78 is 0.767. The molecule has 0 saturated carbocycles. The van der Waals surface area contributed by atoms with Crippen molar-refractivity contribution in [2.75, 3.05) is 19.7 Å². The third kappa shape index (κ3) is 3.47. The van der Waals surface area contributed by atoms with E-state index in [0.717, 1.165) is 4.47 Å². The number of halogens is 2. The van der Waals surface area contributed by atoms with Gasteiger partial charge in [0, 0.05) is 28.1 Å². The van der Waals surface area contributed by atoms with Gasteiger partial charge in [-0.25, -0.2) is 0 Å². The largest absolute Gasteiger partial charge is 0.395 e. The highest BCUT2D eigenvalue weighted by Crippen LogP contribution is 2.20. The van der Waals surface area contributed by atoms with E-state index in [0.29, 0.717) is 23.7 Å². The molecule has 1 amide bonds. The summed E-state index contributed by atoms with van der Waals surface area (Å²) in [7, 11) is 0. The van der Waals surface area contributed by atoms with Crippen molar-refractivity contribution in [2.45, 2.75) is 6.92 Å².